The van der Waals surface area contributed by atoms with Crippen LogP contribution >= 0.6 is 31.9 Å². The van der Waals surface area contributed by atoms with Crippen molar-refractivity contribution in [2.45, 2.75) is 18.9 Å². The number of rotatable bonds is 5. The molecule has 2 aromatic rings. The van der Waals surface area contributed by atoms with Gasteiger partial charge in [-0.05, 0) is 41.8 Å². The molecule has 0 aromatic heterocycles. The summed E-state index contributed by atoms with van der Waals surface area (Å²) in [4.78, 5) is 0. The summed E-state index contributed by atoms with van der Waals surface area (Å²) in [7, 11) is 1.65. The number of benzene rings is 2. The highest BCUT2D eigenvalue weighted by Crippen LogP contribution is 2.25. The SMILES string of the molecule is COc1ccc(Br)cc1CC(O)Cc1ccccc1Br. The molecule has 0 heterocycles. The number of methoxy groups -OCH3 is 1. The summed E-state index contributed by atoms with van der Waals surface area (Å²) in [5.41, 5.74) is 2.11. The highest BCUT2D eigenvalue weighted by Gasteiger charge is 2.12. The van der Waals surface area contributed by atoms with Crippen molar-refractivity contribution in [3.63, 3.8) is 0 Å². The summed E-state index contributed by atoms with van der Waals surface area (Å²) in [6.07, 6.45) is 0.720. The molecule has 0 saturated carbocycles. The van der Waals surface area contributed by atoms with Crippen molar-refractivity contribution in [2.75, 3.05) is 7.11 Å². The van der Waals surface area contributed by atoms with Gasteiger partial charge in [-0.3, -0.25) is 0 Å². The summed E-state index contributed by atoms with van der Waals surface area (Å²) in [5.74, 6) is 0.805. The molecule has 0 fully saturated rings. The topological polar surface area (TPSA) is 29.5 Å². The minimum absolute atomic E-state index is 0.447. The molecule has 0 radical (unpaired) electrons. The number of hydrogen-bond acceptors (Lipinski definition) is 2. The van der Waals surface area contributed by atoms with Crippen LogP contribution in [0.1, 0.15) is 11.1 Å². The lowest BCUT2D eigenvalue weighted by molar-refractivity contribution is 0.174. The molecule has 0 aliphatic heterocycles. The van der Waals surface area contributed by atoms with Gasteiger partial charge in [-0.2, -0.15) is 0 Å². The Bertz CT molecular complexity index is 584. The number of hydrogen-bond donors (Lipinski definition) is 1. The van der Waals surface area contributed by atoms with E-state index in [-0.39, 0.29) is 0 Å². The number of halogens is 2. The Kier molecular flexibility index (Phi) is 5.64. The Morgan fingerprint density at radius 3 is 2.45 bits per heavy atom. The Morgan fingerprint density at radius 2 is 1.75 bits per heavy atom. The first kappa shape index (κ1) is 15.5. The molecule has 0 spiro atoms. The number of ether oxygens (including phenoxy) is 1. The molecule has 1 atom stereocenters. The van der Waals surface area contributed by atoms with Crippen molar-refractivity contribution < 1.29 is 9.84 Å². The van der Waals surface area contributed by atoms with Crippen LogP contribution in [0.25, 0.3) is 0 Å². The molecule has 2 nitrogen and oxygen atoms in total. The summed E-state index contributed by atoms with van der Waals surface area (Å²) in [6, 6.07) is 13.8. The normalized spacial score (nSPS) is 12.2. The predicted octanol–water partition coefficient (Wildman–Crippen LogP) is 4.37. The zero-order valence-corrected chi connectivity index (χ0v) is 14.3. The molecular weight excluding hydrogens is 384 g/mol. The first-order valence-electron chi connectivity index (χ1n) is 6.34. The molecule has 2 rings (SSSR count). The third kappa shape index (κ3) is 4.08. The van der Waals surface area contributed by atoms with Gasteiger partial charge in [0, 0.05) is 15.4 Å². The summed E-state index contributed by atoms with van der Waals surface area (Å²) in [6.45, 7) is 0. The van der Waals surface area contributed by atoms with Crippen molar-refractivity contribution in [1.82, 2.24) is 0 Å². The Labute approximate surface area is 136 Å². The molecule has 0 bridgehead atoms. The molecule has 4 heteroatoms. The smallest absolute Gasteiger partial charge is 0.122 e. The van der Waals surface area contributed by atoms with Gasteiger partial charge in [0.2, 0.25) is 0 Å². The van der Waals surface area contributed by atoms with Crippen LogP contribution in [0.4, 0.5) is 0 Å². The zero-order valence-electron chi connectivity index (χ0n) is 11.1. The average Bonchev–Trinajstić information content (AvgIpc) is 2.41. The largest absolute Gasteiger partial charge is 0.496 e. The van der Waals surface area contributed by atoms with Gasteiger partial charge in [0.15, 0.2) is 0 Å². The van der Waals surface area contributed by atoms with Crippen LogP contribution < -0.4 is 4.74 Å². The van der Waals surface area contributed by atoms with Gasteiger partial charge in [-0.15, -0.1) is 0 Å². The number of aliphatic hydroxyl groups excluding tert-OH is 1. The zero-order chi connectivity index (χ0) is 14.5. The fourth-order valence-electron chi connectivity index (χ4n) is 2.15. The highest BCUT2D eigenvalue weighted by atomic mass is 79.9. The van der Waals surface area contributed by atoms with Crippen LogP contribution in [0.2, 0.25) is 0 Å². The average molecular weight is 400 g/mol. The van der Waals surface area contributed by atoms with E-state index < -0.39 is 6.10 Å². The Balaban J connectivity index is 2.10. The maximum atomic E-state index is 10.3. The van der Waals surface area contributed by atoms with Crippen molar-refractivity contribution in [3.8, 4) is 5.75 Å². The Hall–Kier alpha value is -0.840. The van der Waals surface area contributed by atoms with Crippen LogP contribution in [0.3, 0.4) is 0 Å². The quantitative estimate of drug-likeness (QED) is 0.808. The van der Waals surface area contributed by atoms with Crippen LogP contribution in [0, 0.1) is 0 Å². The molecule has 20 heavy (non-hydrogen) atoms. The first-order chi connectivity index (χ1) is 9.60. The molecular formula is C16H16Br2O2. The second-order valence-electron chi connectivity index (χ2n) is 4.61. The molecule has 106 valence electrons. The fourth-order valence-corrected chi connectivity index (χ4v) is 3.01. The van der Waals surface area contributed by atoms with E-state index in [4.69, 9.17) is 4.74 Å². The van der Waals surface area contributed by atoms with Crippen LogP contribution in [0.5, 0.6) is 5.75 Å². The first-order valence-corrected chi connectivity index (χ1v) is 7.92. The van der Waals surface area contributed by atoms with E-state index in [1.807, 2.05) is 42.5 Å². The van der Waals surface area contributed by atoms with E-state index in [2.05, 4.69) is 31.9 Å². The van der Waals surface area contributed by atoms with Crippen molar-refractivity contribution in [3.05, 3.63) is 62.5 Å². The second-order valence-corrected chi connectivity index (χ2v) is 6.38. The standard InChI is InChI=1S/C16H16Br2O2/c1-20-16-7-6-13(17)8-12(16)10-14(19)9-11-4-2-3-5-15(11)18/h2-8,14,19H,9-10H2,1H3. The summed E-state index contributed by atoms with van der Waals surface area (Å²) in [5, 5.41) is 10.3. The fraction of sp³-hybridized carbons (Fsp3) is 0.250. The van der Waals surface area contributed by atoms with E-state index >= 15 is 0 Å². The lowest BCUT2D eigenvalue weighted by Gasteiger charge is -2.14. The summed E-state index contributed by atoms with van der Waals surface area (Å²) >= 11 is 6.96. The lowest BCUT2D eigenvalue weighted by atomic mass is 10.0. The lowest BCUT2D eigenvalue weighted by Crippen LogP contribution is -2.14. The van der Waals surface area contributed by atoms with Crippen LogP contribution in [-0.4, -0.2) is 18.3 Å². The molecule has 0 saturated heterocycles. The Morgan fingerprint density at radius 1 is 1.05 bits per heavy atom. The molecule has 0 aliphatic carbocycles. The van der Waals surface area contributed by atoms with E-state index in [0.29, 0.717) is 12.8 Å². The highest BCUT2D eigenvalue weighted by molar-refractivity contribution is 9.10. The van der Waals surface area contributed by atoms with E-state index in [9.17, 15) is 5.11 Å². The van der Waals surface area contributed by atoms with Gasteiger partial charge < -0.3 is 9.84 Å². The van der Waals surface area contributed by atoms with Crippen molar-refractivity contribution in [2.24, 2.45) is 0 Å². The maximum Gasteiger partial charge on any atom is 0.122 e. The minimum Gasteiger partial charge on any atom is -0.496 e. The van der Waals surface area contributed by atoms with Crippen LogP contribution in [0.15, 0.2) is 51.4 Å². The third-order valence-electron chi connectivity index (χ3n) is 3.11. The van der Waals surface area contributed by atoms with Gasteiger partial charge in [0.1, 0.15) is 5.75 Å². The van der Waals surface area contributed by atoms with Gasteiger partial charge in [0.25, 0.3) is 0 Å². The molecule has 1 N–H and O–H groups in total. The summed E-state index contributed by atoms with van der Waals surface area (Å²) < 4.78 is 7.35. The monoisotopic (exact) mass is 398 g/mol. The van der Waals surface area contributed by atoms with E-state index in [1.54, 1.807) is 7.11 Å². The third-order valence-corrected chi connectivity index (χ3v) is 4.38. The predicted molar refractivity (Wildman–Crippen MR) is 88.3 cm³/mol. The van der Waals surface area contributed by atoms with E-state index in [0.717, 1.165) is 25.8 Å². The van der Waals surface area contributed by atoms with Gasteiger partial charge >= 0.3 is 0 Å². The van der Waals surface area contributed by atoms with Crippen molar-refractivity contribution in [1.29, 1.82) is 0 Å². The van der Waals surface area contributed by atoms with Gasteiger partial charge in [-0.1, -0.05) is 50.1 Å². The number of aliphatic hydroxyl groups is 1. The minimum atomic E-state index is -0.447. The molecule has 0 amide bonds. The second kappa shape index (κ2) is 7.25. The van der Waals surface area contributed by atoms with Gasteiger partial charge in [-0.25, -0.2) is 0 Å². The maximum absolute atomic E-state index is 10.3. The molecule has 1 unspecified atom stereocenters. The van der Waals surface area contributed by atoms with Crippen molar-refractivity contribution >= 4 is 31.9 Å². The van der Waals surface area contributed by atoms with E-state index in [1.165, 1.54) is 0 Å². The molecule has 2 aromatic carbocycles. The van der Waals surface area contributed by atoms with Crippen LogP contribution in [-0.2, 0) is 12.8 Å². The van der Waals surface area contributed by atoms with Gasteiger partial charge in [0.05, 0.1) is 13.2 Å². The molecule has 0 aliphatic rings.